The van der Waals surface area contributed by atoms with E-state index in [2.05, 4.69) is 15.0 Å². The number of aromatic amines is 1. The number of carbonyl (C=O) groups excluding carboxylic acids is 3. The number of rotatable bonds is 4. The zero-order chi connectivity index (χ0) is 14.7. The number of H-pyrrole nitrogens is 1. The van der Waals surface area contributed by atoms with E-state index in [0.717, 1.165) is 0 Å². The molecule has 1 unspecified atom stereocenters. The van der Waals surface area contributed by atoms with Gasteiger partial charge in [0.2, 0.25) is 5.91 Å². The zero-order valence-corrected chi connectivity index (χ0v) is 11.3. The first-order chi connectivity index (χ1) is 8.79. The Bertz CT molecular complexity index is 533. The highest BCUT2D eigenvalue weighted by Gasteiger charge is 2.23. The molecular weight excluding hydrogens is 250 g/mol. The monoisotopic (exact) mass is 267 g/mol. The number of nitrogens with one attached hydrogen (secondary N) is 2. The molecule has 0 bridgehead atoms. The largest absolute Gasteiger partial charge is 0.465 e. The molecule has 0 saturated carbocycles. The maximum atomic E-state index is 12.0. The van der Waals surface area contributed by atoms with Crippen LogP contribution in [0.25, 0.3) is 0 Å². The van der Waals surface area contributed by atoms with E-state index in [9.17, 15) is 14.4 Å². The molecule has 19 heavy (non-hydrogen) atoms. The minimum absolute atomic E-state index is 0.214. The van der Waals surface area contributed by atoms with Crippen molar-refractivity contribution in [2.45, 2.75) is 26.8 Å². The van der Waals surface area contributed by atoms with Gasteiger partial charge in [0, 0.05) is 5.69 Å². The van der Waals surface area contributed by atoms with Crippen molar-refractivity contribution >= 4 is 17.8 Å². The molecule has 0 aliphatic heterocycles. The molecule has 104 valence electrons. The average molecular weight is 267 g/mol. The molecule has 0 saturated heterocycles. The van der Waals surface area contributed by atoms with Crippen LogP contribution < -0.4 is 11.1 Å². The summed E-state index contributed by atoms with van der Waals surface area (Å²) in [6.07, 6.45) is 0. The quantitative estimate of drug-likeness (QED) is 0.667. The van der Waals surface area contributed by atoms with Gasteiger partial charge in [0.25, 0.3) is 5.91 Å². The van der Waals surface area contributed by atoms with Gasteiger partial charge in [-0.25, -0.2) is 4.79 Å². The number of hydrogen-bond acceptors (Lipinski definition) is 4. The van der Waals surface area contributed by atoms with E-state index in [4.69, 9.17) is 5.73 Å². The topological polar surface area (TPSA) is 114 Å². The molecule has 0 radical (unpaired) electrons. The fraction of sp³-hybridized carbons (Fsp3) is 0.417. The maximum Gasteiger partial charge on any atom is 0.339 e. The van der Waals surface area contributed by atoms with Crippen LogP contribution in [0.5, 0.6) is 0 Å². The van der Waals surface area contributed by atoms with E-state index in [1.165, 1.54) is 14.0 Å². The Morgan fingerprint density at radius 2 is 1.89 bits per heavy atom. The van der Waals surface area contributed by atoms with Crippen LogP contribution >= 0.6 is 0 Å². The molecule has 0 fully saturated rings. The maximum absolute atomic E-state index is 12.0. The third-order valence-electron chi connectivity index (χ3n) is 2.83. The number of hydrogen-bond donors (Lipinski definition) is 3. The molecule has 1 heterocycles. The summed E-state index contributed by atoms with van der Waals surface area (Å²) in [4.78, 5) is 37.2. The van der Waals surface area contributed by atoms with Gasteiger partial charge in [-0.3, -0.25) is 9.59 Å². The Morgan fingerprint density at radius 3 is 2.37 bits per heavy atom. The summed E-state index contributed by atoms with van der Waals surface area (Å²) in [7, 11) is 1.27. The fourth-order valence-corrected chi connectivity index (χ4v) is 1.73. The lowest BCUT2D eigenvalue weighted by atomic mass is 10.1. The van der Waals surface area contributed by atoms with Gasteiger partial charge in [-0.15, -0.1) is 0 Å². The smallest absolute Gasteiger partial charge is 0.339 e. The SMILES string of the molecule is COC(=O)c1c(C)[nH]c(C(=O)NC(C)C(N)=O)c1C. The lowest BCUT2D eigenvalue weighted by Gasteiger charge is -2.09. The highest BCUT2D eigenvalue weighted by Crippen LogP contribution is 2.18. The Hall–Kier alpha value is -2.31. The predicted molar refractivity (Wildman–Crippen MR) is 67.7 cm³/mol. The third-order valence-corrected chi connectivity index (χ3v) is 2.83. The summed E-state index contributed by atoms with van der Waals surface area (Å²) in [6, 6.07) is -0.794. The van der Waals surface area contributed by atoms with Gasteiger partial charge in [-0.2, -0.15) is 0 Å². The highest BCUT2D eigenvalue weighted by atomic mass is 16.5. The zero-order valence-electron chi connectivity index (χ0n) is 11.3. The number of carbonyl (C=O) groups is 3. The number of ether oxygens (including phenoxy) is 1. The van der Waals surface area contributed by atoms with Gasteiger partial charge < -0.3 is 20.8 Å². The summed E-state index contributed by atoms with van der Waals surface area (Å²) in [5.74, 6) is -1.65. The first kappa shape index (κ1) is 14.7. The van der Waals surface area contributed by atoms with Gasteiger partial charge in [-0.05, 0) is 26.3 Å². The number of nitrogens with two attached hydrogens (primary N) is 1. The second-order valence-electron chi connectivity index (χ2n) is 4.21. The van der Waals surface area contributed by atoms with Crippen molar-refractivity contribution in [2.75, 3.05) is 7.11 Å². The van der Waals surface area contributed by atoms with Crippen LogP contribution in [-0.2, 0) is 9.53 Å². The third kappa shape index (κ3) is 2.93. The number of amides is 2. The Balaban J connectivity index is 3.06. The van der Waals surface area contributed by atoms with Crippen molar-refractivity contribution in [3.63, 3.8) is 0 Å². The molecule has 1 aromatic rings. The fourth-order valence-electron chi connectivity index (χ4n) is 1.73. The van der Waals surface area contributed by atoms with Crippen molar-refractivity contribution in [3.05, 3.63) is 22.5 Å². The number of esters is 1. The van der Waals surface area contributed by atoms with Crippen LogP contribution in [0.2, 0.25) is 0 Å². The molecule has 4 N–H and O–H groups in total. The number of methoxy groups -OCH3 is 1. The van der Waals surface area contributed by atoms with Crippen molar-refractivity contribution in [1.82, 2.24) is 10.3 Å². The summed E-state index contributed by atoms with van der Waals surface area (Å²) >= 11 is 0. The van der Waals surface area contributed by atoms with Gasteiger partial charge in [0.15, 0.2) is 0 Å². The van der Waals surface area contributed by atoms with Crippen LogP contribution in [0.15, 0.2) is 0 Å². The van der Waals surface area contributed by atoms with Gasteiger partial charge in [0.1, 0.15) is 11.7 Å². The Labute approximate surface area is 110 Å². The van der Waals surface area contributed by atoms with E-state index in [-0.39, 0.29) is 5.69 Å². The molecule has 0 aromatic carbocycles. The summed E-state index contributed by atoms with van der Waals surface area (Å²) in [6.45, 7) is 4.76. The minimum atomic E-state index is -0.794. The molecule has 0 spiro atoms. The van der Waals surface area contributed by atoms with Gasteiger partial charge >= 0.3 is 5.97 Å². The molecule has 7 heteroatoms. The summed E-state index contributed by atoms with van der Waals surface area (Å²) < 4.78 is 4.65. The molecular formula is C12H17N3O4. The number of aryl methyl sites for hydroxylation is 1. The normalized spacial score (nSPS) is 11.8. The van der Waals surface area contributed by atoms with Crippen LogP contribution in [0.4, 0.5) is 0 Å². The predicted octanol–water partition coefficient (Wildman–Crippen LogP) is 0.0217. The van der Waals surface area contributed by atoms with Gasteiger partial charge in [0.05, 0.1) is 12.7 Å². The van der Waals surface area contributed by atoms with Crippen LogP contribution in [-0.4, -0.2) is 35.9 Å². The van der Waals surface area contributed by atoms with E-state index in [0.29, 0.717) is 16.8 Å². The van der Waals surface area contributed by atoms with E-state index >= 15 is 0 Å². The Kier molecular flexibility index (Phi) is 4.31. The second kappa shape index (κ2) is 5.55. The molecule has 2 amide bonds. The number of aromatic nitrogens is 1. The molecule has 0 aliphatic carbocycles. The van der Waals surface area contributed by atoms with E-state index in [1.807, 2.05) is 0 Å². The lowest BCUT2D eigenvalue weighted by Crippen LogP contribution is -2.42. The van der Waals surface area contributed by atoms with Crippen LogP contribution in [0.3, 0.4) is 0 Å². The minimum Gasteiger partial charge on any atom is -0.465 e. The van der Waals surface area contributed by atoms with Crippen molar-refractivity contribution in [1.29, 1.82) is 0 Å². The molecule has 1 aromatic heterocycles. The first-order valence-electron chi connectivity index (χ1n) is 5.67. The first-order valence-corrected chi connectivity index (χ1v) is 5.67. The van der Waals surface area contributed by atoms with Crippen molar-refractivity contribution in [2.24, 2.45) is 5.73 Å². The van der Waals surface area contributed by atoms with E-state index < -0.39 is 23.8 Å². The summed E-state index contributed by atoms with van der Waals surface area (Å²) in [5, 5.41) is 2.44. The van der Waals surface area contributed by atoms with Crippen LogP contribution in [0, 0.1) is 13.8 Å². The van der Waals surface area contributed by atoms with E-state index in [1.54, 1.807) is 13.8 Å². The highest BCUT2D eigenvalue weighted by molar-refractivity contribution is 6.01. The number of primary amides is 1. The standard InChI is InChI=1S/C12H17N3O4/c1-5-8(12(18)19-4)6(2)14-9(5)11(17)15-7(3)10(13)16/h7,14H,1-4H3,(H2,13,16)(H,15,17). The Morgan fingerprint density at radius 1 is 1.32 bits per heavy atom. The molecule has 7 nitrogen and oxygen atoms in total. The molecule has 1 rings (SSSR count). The second-order valence-corrected chi connectivity index (χ2v) is 4.21. The molecule has 0 aliphatic rings. The molecule has 1 atom stereocenters. The van der Waals surface area contributed by atoms with Crippen molar-refractivity contribution in [3.8, 4) is 0 Å². The van der Waals surface area contributed by atoms with Crippen LogP contribution in [0.1, 0.15) is 39.0 Å². The van der Waals surface area contributed by atoms with Gasteiger partial charge in [-0.1, -0.05) is 0 Å². The summed E-state index contributed by atoms with van der Waals surface area (Å²) in [5.41, 5.74) is 6.60. The average Bonchev–Trinajstić information content (AvgIpc) is 2.63. The lowest BCUT2D eigenvalue weighted by molar-refractivity contribution is -0.119. The van der Waals surface area contributed by atoms with Crippen molar-refractivity contribution < 1.29 is 19.1 Å².